The summed E-state index contributed by atoms with van der Waals surface area (Å²) in [6.07, 6.45) is 0. The van der Waals surface area contributed by atoms with E-state index >= 15 is 0 Å². The first-order valence-corrected chi connectivity index (χ1v) is 7.67. The molecule has 0 atom stereocenters. The molecule has 1 amide bonds. The van der Waals surface area contributed by atoms with Crippen molar-refractivity contribution >= 4 is 15.9 Å². The topological polar surface area (TPSA) is 80.5 Å². The number of hydrogen-bond acceptors (Lipinski definition) is 3. The van der Waals surface area contributed by atoms with Crippen LogP contribution >= 0.6 is 0 Å². The first kappa shape index (κ1) is 16.6. The number of nitrogens with zero attached hydrogens (tertiary/aromatic N) is 1. The van der Waals surface area contributed by atoms with Crippen molar-refractivity contribution in [1.29, 1.82) is 0 Å². The molecule has 0 bridgehead atoms. The second-order valence-corrected chi connectivity index (χ2v) is 6.76. The van der Waals surface area contributed by atoms with Crippen molar-refractivity contribution in [3.63, 3.8) is 0 Å². The van der Waals surface area contributed by atoms with Crippen molar-refractivity contribution in [3.8, 4) is 0 Å². The summed E-state index contributed by atoms with van der Waals surface area (Å²) in [4.78, 5) is 13.0. The Morgan fingerprint density at radius 3 is 2.40 bits per heavy atom. The van der Waals surface area contributed by atoms with Gasteiger partial charge in [0, 0.05) is 19.2 Å². The molecule has 0 saturated carbocycles. The van der Waals surface area contributed by atoms with Gasteiger partial charge in [0.15, 0.2) is 0 Å². The largest absolute Gasteiger partial charge is 0.341 e. The van der Waals surface area contributed by atoms with E-state index in [2.05, 4.69) is 0 Å². The van der Waals surface area contributed by atoms with Gasteiger partial charge in [-0.1, -0.05) is 13.8 Å². The molecule has 0 spiro atoms. The maximum atomic E-state index is 13.8. The fourth-order valence-electron chi connectivity index (χ4n) is 1.92. The van der Waals surface area contributed by atoms with Crippen molar-refractivity contribution < 1.29 is 17.6 Å². The first-order valence-electron chi connectivity index (χ1n) is 6.12. The number of hydrogen-bond donors (Lipinski definition) is 1. The maximum absolute atomic E-state index is 13.8. The number of rotatable bonds is 4. The molecule has 112 valence electrons. The predicted molar refractivity (Wildman–Crippen MR) is 74.3 cm³/mol. The fraction of sp³-hybridized carbons (Fsp3) is 0.462. The number of sulfonamides is 1. The molecule has 0 aromatic heterocycles. The smallest absolute Gasteiger partial charge is 0.253 e. The monoisotopic (exact) mass is 302 g/mol. The number of benzene rings is 1. The van der Waals surface area contributed by atoms with Crippen LogP contribution in [0.3, 0.4) is 0 Å². The standard InChI is InChI=1S/C13H19FN2O3S/c1-8(2)7-16(4)13(17)10-5-9(3)12(14)11(6-10)20(15,18)19/h5-6,8H,7H2,1-4H3,(H2,15,18,19). The van der Waals surface area contributed by atoms with Crippen molar-refractivity contribution in [1.82, 2.24) is 4.90 Å². The van der Waals surface area contributed by atoms with E-state index in [0.717, 1.165) is 6.07 Å². The SMILES string of the molecule is Cc1cc(C(=O)N(C)CC(C)C)cc(S(N)(=O)=O)c1F. The van der Waals surface area contributed by atoms with Gasteiger partial charge >= 0.3 is 0 Å². The van der Waals surface area contributed by atoms with E-state index in [9.17, 15) is 17.6 Å². The van der Waals surface area contributed by atoms with Crippen molar-refractivity contribution in [2.45, 2.75) is 25.7 Å². The van der Waals surface area contributed by atoms with Crippen LogP contribution in [0, 0.1) is 18.7 Å². The van der Waals surface area contributed by atoms with Gasteiger partial charge in [-0.3, -0.25) is 4.79 Å². The lowest BCUT2D eigenvalue weighted by atomic mass is 10.1. The Balaban J connectivity index is 3.28. The van der Waals surface area contributed by atoms with E-state index in [1.165, 1.54) is 17.9 Å². The van der Waals surface area contributed by atoms with Gasteiger partial charge in [-0.15, -0.1) is 0 Å². The Morgan fingerprint density at radius 2 is 1.95 bits per heavy atom. The molecule has 7 heteroatoms. The van der Waals surface area contributed by atoms with Gasteiger partial charge in [-0.05, 0) is 30.5 Å². The second-order valence-electron chi connectivity index (χ2n) is 5.23. The quantitative estimate of drug-likeness (QED) is 0.915. The number of carbonyl (C=O) groups excluding carboxylic acids is 1. The van der Waals surface area contributed by atoms with Crippen LogP contribution in [-0.2, 0) is 10.0 Å². The van der Waals surface area contributed by atoms with Crippen LogP contribution in [0.1, 0.15) is 29.8 Å². The average molecular weight is 302 g/mol. The minimum absolute atomic E-state index is 0.0674. The summed E-state index contributed by atoms with van der Waals surface area (Å²) in [5.41, 5.74) is 0.175. The third kappa shape index (κ3) is 3.77. The summed E-state index contributed by atoms with van der Waals surface area (Å²) in [6, 6.07) is 2.31. The zero-order valence-corrected chi connectivity index (χ0v) is 12.8. The zero-order valence-electron chi connectivity index (χ0n) is 12.0. The molecule has 2 N–H and O–H groups in total. The van der Waals surface area contributed by atoms with Gasteiger partial charge in [-0.2, -0.15) is 0 Å². The Morgan fingerprint density at radius 1 is 1.40 bits per heavy atom. The zero-order chi connectivity index (χ0) is 15.7. The average Bonchev–Trinajstić information content (AvgIpc) is 2.29. The highest BCUT2D eigenvalue weighted by Gasteiger charge is 2.21. The van der Waals surface area contributed by atoms with Crippen LogP contribution in [0.25, 0.3) is 0 Å². The Hall–Kier alpha value is -1.47. The molecule has 0 heterocycles. The van der Waals surface area contributed by atoms with Crippen LogP contribution in [0.15, 0.2) is 17.0 Å². The minimum Gasteiger partial charge on any atom is -0.341 e. The van der Waals surface area contributed by atoms with Crippen LogP contribution in [0.4, 0.5) is 4.39 Å². The summed E-state index contributed by atoms with van der Waals surface area (Å²) in [7, 11) is -2.60. The molecule has 5 nitrogen and oxygen atoms in total. The molecule has 0 saturated heterocycles. The number of carbonyl (C=O) groups is 1. The molecular formula is C13H19FN2O3S. The molecule has 1 aromatic rings. The van der Waals surface area contributed by atoms with Gasteiger partial charge in [0.25, 0.3) is 5.91 Å². The van der Waals surface area contributed by atoms with Crippen LogP contribution in [0.2, 0.25) is 0 Å². The number of aryl methyl sites for hydroxylation is 1. The summed E-state index contributed by atoms with van der Waals surface area (Å²) in [5.74, 6) is -1.02. The minimum atomic E-state index is -4.21. The molecule has 1 aromatic carbocycles. The highest BCUT2D eigenvalue weighted by molar-refractivity contribution is 7.89. The molecule has 0 unspecified atom stereocenters. The normalized spacial score (nSPS) is 11.8. The molecule has 0 aliphatic heterocycles. The maximum Gasteiger partial charge on any atom is 0.253 e. The van der Waals surface area contributed by atoms with Crippen molar-refractivity contribution in [2.75, 3.05) is 13.6 Å². The van der Waals surface area contributed by atoms with Gasteiger partial charge in [0.05, 0.1) is 0 Å². The van der Waals surface area contributed by atoms with E-state index < -0.39 is 20.7 Å². The molecular weight excluding hydrogens is 283 g/mol. The third-order valence-electron chi connectivity index (χ3n) is 2.76. The predicted octanol–water partition coefficient (Wildman–Crippen LogP) is 1.51. The highest BCUT2D eigenvalue weighted by Crippen LogP contribution is 2.20. The Labute approximate surface area is 118 Å². The Bertz CT molecular complexity index is 627. The van der Waals surface area contributed by atoms with E-state index in [4.69, 9.17) is 5.14 Å². The third-order valence-corrected chi connectivity index (χ3v) is 3.67. The molecule has 0 fully saturated rings. The summed E-state index contributed by atoms with van der Waals surface area (Å²) >= 11 is 0. The van der Waals surface area contributed by atoms with Gasteiger partial charge < -0.3 is 4.90 Å². The Kier molecular flexibility index (Phi) is 4.88. The fourth-order valence-corrected chi connectivity index (χ4v) is 2.62. The molecule has 0 aliphatic carbocycles. The van der Waals surface area contributed by atoms with Crippen LogP contribution in [0.5, 0.6) is 0 Å². The highest BCUT2D eigenvalue weighted by atomic mass is 32.2. The molecule has 20 heavy (non-hydrogen) atoms. The summed E-state index contributed by atoms with van der Waals surface area (Å²) in [5, 5.41) is 4.96. The molecule has 0 aliphatic rings. The molecule has 0 radical (unpaired) electrons. The van der Waals surface area contributed by atoms with E-state index in [1.54, 1.807) is 7.05 Å². The van der Waals surface area contributed by atoms with Crippen molar-refractivity contribution in [3.05, 3.63) is 29.1 Å². The molecule has 1 rings (SSSR count). The number of halogens is 1. The number of amides is 1. The van der Waals surface area contributed by atoms with E-state index in [-0.39, 0.29) is 23.0 Å². The van der Waals surface area contributed by atoms with E-state index in [0.29, 0.717) is 6.54 Å². The van der Waals surface area contributed by atoms with Gasteiger partial charge in [-0.25, -0.2) is 17.9 Å². The number of nitrogens with two attached hydrogens (primary N) is 1. The van der Waals surface area contributed by atoms with Crippen LogP contribution in [-0.4, -0.2) is 32.8 Å². The second kappa shape index (κ2) is 5.88. The lowest BCUT2D eigenvalue weighted by Gasteiger charge is -2.20. The van der Waals surface area contributed by atoms with Gasteiger partial charge in [0.1, 0.15) is 10.7 Å². The van der Waals surface area contributed by atoms with Crippen LogP contribution < -0.4 is 5.14 Å². The lowest BCUT2D eigenvalue weighted by Crippen LogP contribution is -2.30. The summed E-state index contributed by atoms with van der Waals surface area (Å²) in [6.45, 7) is 5.81. The first-order chi connectivity index (χ1) is 9.04. The van der Waals surface area contributed by atoms with Crippen molar-refractivity contribution in [2.24, 2.45) is 11.1 Å². The van der Waals surface area contributed by atoms with Gasteiger partial charge in [0.2, 0.25) is 10.0 Å². The lowest BCUT2D eigenvalue weighted by molar-refractivity contribution is 0.0778. The van der Waals surface area contributed by atoms with E-state index in [1.807, 2.05) is 13.8 Å². The summed E-state index contributed by atoms with van der Waals surface area (Å²) < 4.78 is 36.5. The number of primary sulfonamides is 1.